The third kappa shape index (κ3) is 2.46. The predicted octanol–water partition coefficient (Wildman–Crippen LogP) is 2.52. The van der Waals surface area contributed by atoms with Crippen LogP contribution in [0.1, 0.15) is 22.2 Å². The minimum atomic E-state index is -0.740. The summed E-state index contributed by atoms with van der Waals surface area (Å²) in [7, 11) is 0. The zero-order valence-corrected chi connectivity index (χ0v) is 11.4. The summed E-state index contributed by atoms with van der Waals surface area (Å²) in [6.45, 7) is 0. The van der Waals surface area contributed by atoms with Crippen LogP contribution in [-0.2, 0) is 4.74 Å². The molecule has 3 rings (SSSR count). The number of nitrogens with zero attached hydrogens (tertiary/aromatic N) is 2. The molecule has 3 heterocycles. The summed E-state index contributed by atoms with van der Waals surface area (Å²) in [5.74, 6) is -1.32. The Labute approximate surface area is 126 Å². The van der Waals surface area contributed by atoms with Crippen molar-refractivity contribution in [3.8, 4) is 11.1 Å². The predicted molar refractivity (Wildman–Crippen MR) is 78.0 cm³/mol. The van der Waals surface area contributed by atoms with Crippen LogP contribution in [0.3, 0.4) is 0 Å². The monoisotopic (exact) mass is 297 g/mol. The Hall–Kier alpha value is -3.02. The van der Waals surface area contributed by atoms with Crippen LogP contribution in [0.5, 0.6) is 0 Å². The molecule has 6 heteroatoms. The highest BCUT2D eigenvalue weighted by Gasteiger charge is 2.26. The van der Waals surface area contributed by atoms with E-state index in [0.29, 0.717) is 11.1 Å². The number of primary amides is 1. The maximum absolute atomic E-state index is 14.4. The lowest BCUT2D eigenvalue weighted by atomic mass is 9.94. The molecule has 1 unspecified atom stereocenters. The number of hydrogen-bond donors (Lipinski definition) is 1. The highest BCUT2D eigenvalue weighted by molar-refractivity contribution is 5.98. The zero-order chi connectivity index (χ0) is 15.5. The Morgan fingerprint density at radius 1 is 1.32 bits per heavy atom. The first-order valence-electron chi connectivity index (χ1n) is 6.56. The summed E-state index contributed by atoms with van der Waals surface area (Å²) in [6, 6.07) is 3.40. The van der Waals surface area contributed by atoms with Gasteiger partial charge in [-0.25, -0.2) is 9.37 Å². The van der Waals surface area contributed by atoms with Crippen LogP contribution in [-0.4, -0.2) is 15.9 Å². The molecule has 1 amide bonds. The zero-order valence-electron chi connectivity index (χ0n) is 11.4. The second-order valence-corrected chi connectivity index (χ2v) is 4.62. The van der Waals surface area contributed by atoms with Gasteiger partial charge >= 0.3 is 0 Å². The molecule has 0 spiro atoms. The van der Waals surface area contributed by atoms with Crippen molar-refractivity contribution in [3.05, 3.63) is 72.3 Å². The van der Waals surface area contributed by atoms with E-state index >= 15 is 0 Å². The second-order valence-electron chi connectivity index (χ2n) is 4.62. The SMILES string of the molecule is NC(=O)c1ncc(F)c(C2C=CC=CO2)c1-c1cccnc1. The standard InChI is InChI=1S/C16H12FN3O2/c17-11-9-20-15(16(18)21)13(10-4-3-6-19-8-10)14(11)12-5-1-2-7-22-12/h1-9,12H,(H2,18,21). The van der Waals surface area contributed by atoms with Crippen molar-refractivity contribution in [1.29, 1.82) is 0 Å². The number of carbonyl (C=O) groups excluding carboxylic acids is 1. The number of aromatic nitrogens is 2. The Morgan fingerprint density at radius 2 is 2.18 bits per heavy atom. The van der Waals surface area contributed by atoms with Crippen LogP contribution < -0.4 is 5.73 Å². The summed E-state index contributed by atoms with van der Waals surface area (Å²) in [5.41, 5.74) is 6.41. The highest BCUT2D eigenvalue weighted by Crippen LogP contribution is 2.35. The van der Waals surface area contributed by atoms with Crippen molar-refractivity contribution >= 4 is 5.91 Å². The quantitative estimate of drug-likeness (QED) is 0.944. The average Bonchev–Trinajstić information content (AvgIpc) is 2.56. The van der Waals surface area contributed by atoms with E-state index in [9.17, 15) is 9.18 Å². The summed E-state index contributed by atoms with van der Waals surface area (Å²) in [6.07, 6.45) is 9.99. The van der Waals surface area contributed by atoms with Crippen molar-refractivity contribution in [2.75, 3.05) is 0 Å². The van der Waals surface area contributed by atoms with E-state index in [2.05, 4.69) is 9.97 Å². The van der Waals surface area contributed by atoms with Crippen molar-refractivity contribution in [2.24, 2.45) is 5.73 Å². The van der Waals surface area contributed by atoms with Gasteiger partial charge in [0, 0.05) is 29.1 Å². The van der Waals surface area contributed by atoms with Gasteiger partial charge in [-0.3, -0.25) is 9.78 Å². The number of rotatable bonds is 3. The van der Waals surface area contributed by atoms with Gasteiger partial charge in [-0.05, 0) is 18.2 Å². The van der Waals surface area contributed by atoms with Gasteiger partial charge in [0.2, 0.25) is 0 Å². The Balaban J connectivity index is 2.27. The maximum Gasteiger partial charge on any atom is 0.267 e. The summed E-state index contributed by atoms with van der Waals surface area (Å²) in [5, 5.41) is 0. The largest absolute Gasteiger partial charge is 0.489 e. The first-order valence-corrected chi connectivity index (χ1v) is 6.56. The number of amides is 1. The lowest BCUT2D eigenvalue weighted by molar-refractivity contribution is 0.0995. The van der Waals surface area contributed by atoms with Gasteiger partial charge < -0.3 is 10.5 Å². The van der Waals surface area contributed by atoms with Crippen LogP contribution in [0.4, 0.5) is 4.39 Å². The number of carbonyl (C=O) groups is 1. The molecule has 22 heavy (non-hydrogen) atoms. The third-order valence-electron chi connectivity index (χ3n) is 3.24. The molecule has 5 nitrogen and oxygen atoms in total. The molecule has 1 atom stereocenters. The Bertz CT molecular complexity index is 772. The van der Waals surface area contributed by atoms with Gasteiger partial charge in [0.25, 0.3) is 5.91 Å². The Kier molecular flexibility index (Phi) is 3.65. The topological polar surface area (TPSA) is 78.1 Å². The Morgan fingerprint density at radius 3 is 2.82 bits per heavy atom. The normalized spacial score (nSPS) is 16.3. The van der Waals surface area contributed by atoms with Crippen LogP contribution in [0.2, 0.25) is 0 Å². The third-order valence-corrected chi connectivity index (χ3v) is 3.24. The van der Waals surface area contributed by atoms with E-state index < -0.39 is 17.8 Å². The molecular formula is C16H12FN3O2. The first-order chi connectivity index (χ1) is 10.7. The van der Waals surface area contributed by atoms with E-state index in [0.717, 1.165) is 6.20 Å². The van der Waals surface area contributed by atoms with Crippen molar-refractivity contribution < 1.29 is 13.9 Å². The fourth-order valence-electron chi connectivity index (χ4n) is 2.32. The lowest BCUT2D eigenvalue weighted by Crippen LogP contribution is -2.18. The van der Waals surface area contributed by atoms with Crippen molar-refractivity contribution in [3.63, 3.8) is 0 Å². The van der Waals surface area contributed by atoms with Gasteiger partial charge in [0.15, 0.2) is 0 Å². The lowest BCUT2D eigenvalue weighted by Gasteiger charge is -2.20. The van der Waals surface area contributed by atoms with Crippen molar-refractivity contribution in [2.45, 2.75) is 6.10 Å². The average molecular weight is 297 g/mol. The number of halogens is 1. The molecule has 0 saturated carbocycles. The van der Waals surface area contributed by atoms with Crippen LogP contribution in [0.15, 0.2) is 55.2 Å². The molecule has 0 aliphatic carbocycles. The molecule has 0 saturated heterocycles. The minimum Gasteiger partial charge on any atom is -0.489 e. The fraction of sp³-hybridized carbons (Fsp3) is 0.0625. The number of hydrogen-bond acceptors (Lipinski definition) is 4. The molecule has 0 bridgehead atoms. The number of pyridine rings is 2. The van der Waals surface area contributed by atoms with Gasteiger partial charge in [-0.1, -0.05) is 12.1 Å². The van der Waals surface area contributed by atoms with Gasteiger partial charge in [-0.2, -0.15) is 0 Å². The molecule has 2 aromatic rings. The number of allylic oxidation sites excluding steroid dienone is 2. The van der Waals surface area contributed by atoms with Gasteiger partial charge in [0.05, 0.1) is 12.5 Å². The molecule has 1 aliphatic heterocycles. The van der Waals surface area contributed by atoms with E-state index in [4.69, 9.17) is 10.5 Å². The summed E-state index contributed by atoms with van der Waals surface area (Å²) in [4.78, 5) is 19.5. The number of ether oxygens (including phenoxy) is 1. The van der Waals surface area contributed by atoms with Crippen LogP contribution in [0.25, 0.3) is 11.1 Å². The molecule has 0 aromatic carbocycles. The summed E-state index contributed by atoms with van der Waals surface area (Å²) >= 11 is 0. The van der Waals surface area contributed by atoms with Gasteiger partial charge in [0.1, 0.15) is 17.6 Å². The molecule has 1 aliphatic rings. The molecule has 0 radical (unpaired) electrons. The molecule has 2 N–H and O–H groups in total. The molecule has 110 valence electrons. The van der Waals surface area contributed by atoms with Crippen LogP contribution >= 0.6 is 0 Å². The second kappa shape index (κ2) is 5.77. The molecule has 0 fully saturated rings. The smallest absolute Gasteiger partial charge is 0.267 e. The highest BCUT2D eigenvalue weighted by atomic mass is 19.1. The summed E-state index contributed by atoms with van der Waals surface area (Å²) < 4.78 is 19.8. The molecule has 2 aromatic heterocycles. The minimum absolute atomic E-state index is 0.0176. The van der Waals surface area contributed by atoms with E-state index in [1.165, 1.54) is 12.5 Å². The van der Waals surface area contributed by atoms with E-state index in [1.54, 1.807) is 36.6 Å². The maximum atomic E-state index is 14.4. The van der Waals surface area contributed by atoms with Crippen LogP contribution in [0, 0.1) is 5.82 Å². The van der Waals surface area contributed by atoms with E-state index in [1.807, 2.05) is 0 Å². The fourth-order valence-corrected chi connectivity index (χ4v) is 2.32. The molecular weight excluding hydrogens is 285 g/mol. The number of nitrogens with two attached hydrogens (primary N) is 1. The first kappa shape index (κ1) is 13.9. The van der Waals surface area contributed by atoms with Gasteiger partial charge in [-0.15, -0.1) is 0 Å². The van der Waals surface area contributed by atoms with E-state index in [-0.39, 0.29) is 11.3 Å². The van der Waals surface area contributed by atoms with Crippen molar-refractivity contribution in [1.82, 2.24) is 9.97 Å².